The van der Waals surface area contributed by atoms with Crippen molar-refractivity contribution in [1.29, 1.82) is 0 Å². The molecule has 6 nitrogen and oxygen atoms in total. The van der Waals surface area contributed by atoms with E-state index in [4.69, 9.17) is 4.98 Å². The Morgan fingerprint density at radius 3 is 2.82 bits per heavy atom. The number of likely N-dealkylation sites (tertiary alicyclic amines) is 2. The highest BCUT2D eigenvalue weighted by molar-refractivity contribution is 5.88. The van der Waals surface area contributed by atoms with E-state index < -0.39 is 5.41 Å². The molecule has 0 unspecified atom stereocenters. The first-order valence-electron chi connectivity index (χ1n) is 12.2. The van der Waals surface area contributed by atoms with E-state index in [2.05, 4.69) is 18.4 Å². The third-order valence-electron chi connectivity index (χ3n) is 7.65. The lowest BCUT2D eigenvalue weighted by Gasteiger charge is -2.42. The highest BCUT2D eigenvalue weighted by atomic mass is 19.1. The van der Waals surface area contributed by atoms with Crippen LogP contribution in [-0.4, -0.2) is 57.3 Å². The minimum absolute atomic E-state index is 0.0575. The molecule has 3 heterocycles. The monoisotopic (exact) mass is 452 g/mol. The van der Waals surface area contributed by atoms with E-state index in [-0.39, 0.29) is 36.0 Å². The molecule has 1 aromatic carbocycles. The van der Waals surface area contributed by atoms with Gasteiger partial charge in [0.05, 0.1) is 23.9 Å². The maximum absolute atomic E-state index is 13.9. The van der Waals surface area contributed by atoms with Crippen LogP contribution in [0, 0.1) is 17.2 Å². The summed E-state index contributed by atoms with van der Waals surface area (Å²) in [4.78, 5) is 35.8. The Balaban J connectivity index is 1.43. The van der Waals surface area contributed by atoms with E-state index in [1.165, 1.54) is 25.0 Å². The van der Waals surface area contributed by atoms with Crippen molar-refractivity contribution in [2.24, 2.45) is 11.3 Å². The molecule has 3 fully saturated rings. The van der Waals surface area contributed by atoms with Crippen molar-refractivity contribution in [2.75, 3.05) is 26.2 Å². The molecule has 1 aromatic heterocycles. The normalized spacial score (nSPS) is 25.5. The molecule has 0 bridgehead atoms. The van der Waals surface area contributed by atoms with Crippen LogP contribution in [0.15, 0.2) is 36.8 Å². The molecule has 1 aliphatic carbocycles. The molecule has 2 atom stereocenters. The maximum atomic E-state index is 13.9. The first kappa shape index (κ1) is 22.1. The van der Waals surface area contributed by atoms with Crippen molar-refractivity contribution in [3.8, 4) is 0 Å². The molecule has 1 spiro atoms. The van der Waals surface area contributed by atoms with Crippen molar-refractivity contribution >= 4 is 11.8 Å². The molecule has 0 N–H and O–H groups in total. The van der Waals surface area contributed by atoms with E-state index in [0.29, 0.717) is 24.6 Å². The second-order valence-electron chi connectivity index (χ2n) is 10.4. The zero-order chi connectivity index (χ0) is 23.2. The van der Waals surface area contributed by atoms with E-state index in [1.807, 2.05) is 22.3 Å². The Bertz CT molecular complexity index is 1050. The van der Waals surface area contributed by atoms with E-state index >= 15 is 0 Å². The van der Waals surface area contributed by atoms with Crippen molar-refractivity contribution in [2.45, 2.75) is 57.9 Å². The summed E-state index contributed by atoms with van der Waals surface area (Å²) >= 11 is 0. The van der Waals surface area contributed by atoms with Gasteiger partial charge in [0.1, 0.15) is 5.82 Å². The maximum Gasteiger partial charge on any atom is 0.231 e. The number of nitrogens with zero attached hydrogens (tertiary/aromatic N) is 4. The number of carbonyl (C=O) groups is 2. The quantitative estimate of drug-likeness (QED) is 0.670. The van der Waals surface area contributed by atoms with Crippen LogP contribution in [0.2, 0.25) is 0 Å². The van der Waals surface area contributed by atoms with Crippen LogP contribution in [0.1, 0.15) is 62.7 Å². The minimum atomic E-state index is -0.624. The lowest BCUT2D eigenvalue weighted by Crippen LogP contribution is -2.53. The topological polar surface area (TPSA) is 58.4 Å². The summed E-state index contributed by atoms with van der Waals surface area (Å²) in [6.45, 7) is 6.75. The molecule has 2 amide bonds. The lowest BCUT2D eigenvalue weighted by molar-refractivity contribution is -0.147. The highest BCUT2D eigenvalue weighted by Crippen LogP contribution is 2.49. The van der Waals surface area contributed by atoms with Gasteiger partial charge in [-0.1, -0.05) is 12.1 Å². The first-order valence-corrected chi connectivity index (χ1v) is 12.2. The Labute approximate surface area is 194 Å². The molecule has 2 aliphatic heterocycles. The van der Waals surface area contributed by atoms with Crippen molar-refractivity contribution in [3.05, 3.63) is 53.9 Å². The van der Waals surface area contributed by atoms with E-state index in [0.717, 1.165) is 31.6 Å². The number of benzene rings is 1. The number of rotatable bonds is 6. The number of carbonyl (C=O) groups excluding carboxylic acids is 2. The van der Waals surface area contributed by atoms with E-state index in [9.17, 15) is 14.0 Å². The van der Waals surface area contributed by atoms with Gasteiger partial charge in [-0.3, -0.25) is 9.59 Å². The Morgan fingerprint density at radius 1 is 1.30 bits per heavy atom. The van der Waals surface area contributed by atoms with Gasteiger partial charge in [0.2, 0.25) is 11.8 Å². The number of piperidine rings is 1. The summed E-state index contributed by atoms with van der Waals surface area (Å²) < 4.78 is 15.7. The Hall–Kier alpha value is -2.70. The number of halogens is 1. The summed E-state index contributed by atoms with van der Waals surface area (Å²) in [6.07, 6.45) is 8.15. The SMILES string of the molecule is CC(C)n1cnc([C@H]2CN(C(=O)Cc3cccc(F)c3)C[C@@]23CCCN(CC2CC2)C3=O)c1. The fraction of sp³-hybridized carbons (Fsp3) is 0.577. The van der Waals surface area contributed by atoms with Gasteiger partial charge in [0.15, 0.2) is 0 Å². The molecule has 2 saturated heterocycles. The summed E-state index contributed by atoms with van der Waals surface area (Å²) in [5.74, 6) is 0.301. The van der Waals surface area contributed by atoms with Crippen molar-refractivity contribution < 1.29 is 14.0 Å². The number of imidazole rings is 1. The van der Waals surface area contributed by atoms with Gasteiger partial charge < -0.3 is 14.4 Å². The molecule has 2 aromatic rings. The number of amides is 2. The summed E-state index contributed by atoms with van der Waals surface area (Å²) in [6, 6.07) is 6.48. The van der Waals surface area contributed by atoms with E-state index in [1.54, 1.807) is 12.1 Å². The van der Waals surface area contributed by atoms with Gasteiger partial charge in [-0.2, -0.15) is 0 Å². The van der Waals surface area contributed by atoms with Gasteiger partial charge in [-0.05, 0) is 63.1 Å². The Kier molecular flexibility index (Phi) is 5.75. The molecular weight excluding hydrogens is 419 g/mol. The predicted octanol–water partition coefficient (Wildman–Crippen LogP) is 3.79. The fourth-order valence-electron chi connectivity index (χ4n) is 5.59. The molecule has 0 radical (unpaired) electrons. The minimum Gasteiger partial charge on any atom is -0.342 e. The highest BCUT2D eigenvalue weighted by Gasteiger charge is 2.57. The molecule has 3 aliphatic rings. The van der Waals surface area contributed by atoms with Crippen LogP contribution in [0.4, 0.5) is 4.39 Å². The van der Waals surface area contributed by atoms with Gasteiger partial charge in [0, 0.05) is 44.3 Å². The summed E-state index contributed by atoms with van der Waals surface area (Å²) in [5.41, 5.74) is 0.930. The molecular formula is C26H33FN4O2. The number of hydrogen-bond donors (Lipinski definition) is 0. The zero-order valence-electron chi connectivity index (χ0n) is 19.5. The molecule has 5 rings (SSSR count). The predicted molar refractivity (Wildman–Crippen MR) is 123 cm³/mol. The first-order chi connectivity index (χ1) is 15.9. The molecule has 7 heteroatoms. The Morgan fingerprint density at radius 2 is 2.12 bits per heavy atom. The standard InChI is InChI=1S/C26H33FN4O2/c1-18(2)31-15-23(28-17-31)22-14-30(24(32)12-20-5-3-6-21(27)11-20)16-26(22)9-4-10-29(25(26)33)13-19-7-8-19/h3,5-6,11,15,17-19,22H,4,7-10,12-14,16H2,1-2H3/t22-,26+/m1/s1. The van der Waals surface area contributed by atoms with Gasteiger partial charge >= 0.3 is 0 Å². The second-order valence-corrected chi connectivity index (χ2v) is 10.4. The number of aromatic nitrogens is 2. The zero-order valence-corrected chi connectivity index (χ0v) is 19.5. The van der Waals surface area contributed by atoms with Gasteiger partial charge in [-0.15, -0.1) is 0 Å². The van der Waals surface area contributed by atoms with Crippen LogP contribution in [0.3, 0.4) is 0 Å². The van der Waals surface area contributed by atoms with Gasteiger partial charge in [-0.25, -0.2) is 9.37 Å². The lowest BCUT2D eigenvalue weighted by atomic mass is 9.70. The third-order valence-corrected chi connectivity index (χ3v) is 7.65. The van der Waals surface area contributed by atoms with Crippen LogP contribution in [-0.2, 0) is 16.0 Å². The molecule has 176 valence electrons. The summed E-state index contributed by atoms with van der Waals surface area (Å²) in [7, 11) is 0. The second kappa shape index (κ2) is 8.58. The fourth-order valence-corrected chi connectivity index (χ4v) is 5.59. The van der Waals surface area contributed by atoms with Crippen molar-refractivity contribution in [1.82, 2.24) is 19.4 Å². The average Bonchev–Trinajstić information content (AvgIpc) is 3.31. The summed E-state index contributed by atoms with van der Waals surface area (Å²) in [5, 5.41) is 0. The van der Waals surface area contributed by atoms with Gasteiger partial charge in [0.25, 0.3) is 0 Å². The van der Waals surface area contributed by atoms with Crippen LogP contribution in [0.25, 0.3) is 0 Å². The largest absolute Gasteiger partial charge is 0.342 e. The van der Waals surface area contributed by atoms with Crippen LogP contribution in [0.5, 0.6) is 0 Å². The van der Waals surface area contributed by atoms with Crippen LogP contribution >= 0.6 is 0 Å². The van der Waals surface area contributed by atoms with Crippen molar-refractivity contribution in [3.63, 3.8) is 0 Å². The smallest absolute Gasteiger partial charge is 0.231 e. The average molecular weight is 453 g/mol. The third kappa shape index (κ3) is 4.30. The van der Waals surface area contributed by atoms with Crippen LogP contribution < -0.4 is 0 Å². The molecule has 33 heavy (non-hydrogen) atoms. The number of hydrogen-bond acceptors (Lipinski definition) is 3. The molecule has 1 saturated carbocycles.